The topological polar surface area (TPSA) is 98.1 Å². The molecule has 0 aliphatic carbocycles. The molecule has 3 aromatic carbocycles. The minimum atomic E-state index is -0.725. The summed E-state index contributed by atoms with van der Waals surface area (Å²) in [7, 11) is 0. The lowest BCUT2D eigenvalue weighted by atomic mass is 10.1. The number of para-hydroxylation sites is 2. The molecule has 2 amide bonds. The second kappa shape index (κ2) is 9.95. The Bertz CT molecular complexity index is 1480. The first-order chi connectivity index (χ1) is 17.5. The molecule has 1 aliphatic rings. The van der Waals surface area contributed by atoms with Gasteiger partial charge in [0.2, 0.25) is 0 Å². The van der Waals surface area contributed by atoms with Gasteiger partial charge in [0.05, 0.1) is 12.3 Å². The lowest BCUT2D eigenvalue weighted by molar-refractivity contribution is -0.125. The van der Waals surface area contributed by atoms with Crippen LogP contribution in [-0.4, -0.2) is 31.1 Å². The predicted molar refractivity (Wildman–Crippen MR) is 136 cm³/mol. The van der Waals surface area contributed by atoms with Crippen molar-refractivity contribution in [3.63, 3.8) is 0 Å². The van der Waals surface area contributed by atoms with Gasteiger partial charge in [-0.2, -0.15) is 0 Å². The second-order valence-electron chi connectivity index (χ2n) is 8.39. The number of nitrogens with one attached hydrogen (secondary N) is 1. The van der Waals surface area contributed by atoms with E-state index in [-0.39, 0.29) is 11.5 Å². The summed E-state index contributed by atoms with van der Waals surface area (Å²) in [6.45, 7) is 2.55. The van der Waals surface area contributed by atoms with Crippen LogP contribution >= 0.6 is 0 Å². The normalized spacial score (nSPS) is 14.8. The number of amides is 2. The van der Waals surface area contributed by atoms with E-state index in [4.69, 9.17) is 13.9 Å². The quantitative estimate of drug-likeness (QED) is 0.303. The van der Waals surface area contributed by atoms with Gasteiger partial charge in [-0.3, -0.25) is 9.59 Å². The number of anilines is 2. The van der Waals surface area contributed by atoms with Crippen molar-refractivity contribution in [2.24, 2.45) is 0 Å². The summed E-state index contributed by atoms with van der Waals surface area (Å²) < 4.78 is 16.8. The first-order valence-corrected chi connectivity index (χ1v) is 11.6. The number of rotatable bonds is 7. The summed E-state index contributed by atoms with van der Waals surface area (Å²) in [6.07, 6.45) is -0.0307. The van der Waals surface area contributed by atoms with Gasteiger partial charge in [0.15, 0.2) is 6.10 Å². The van der Waals surface area contributed by atoms with E-state index in [0.717, 1.165) is 5.75 Å². The van der Waals surface area contributed by atoms with Gasteiger partial charge in [-0.15, -0.1) is 0 Å². The fraction of sp³-hybridized carbons (Fsp3) is 0.179. The van der Waals surface area contributed by atoms with Crippen LogP contribution in [0.4, 0.5) is 11.4 Å². The molecule has 1 unspecified atom stereocenters. The molecule has 2 heterocycles. The highest BCUT2D eigenvalue weighted by Crippen LogP contribution is 2.36. The van der Waals surface area contributed by atoms with E-state index in [9.17, 15) is 14.4 Å². The lowest BCUT2D eigenvalue weighted by Crippen LogP contribution is -2.45. The van der Waals surface area contributed by atoms with Crippen LogP contribution in [0.5, 0.6) is 11.5 Å². The first-order valence-electron chi connectivity index (χ1n) is 11.6. The molecule has 0 bridgehead atoms. The zero-order valence-electron chi connectivity index (χ0n) is 19.6. The number of hydrogen-bond acceptors (Lipinski definition) is 6. The molecular formula is C28H24N2O6. The second-order valence-corrected chi connectivity index (χ2v) is 8.39. The molecule has 0 radical (unpaired) electrons. The standard InChI is InChI=1S/C28H24N2O6/c1-18-27(32)30(14-7-15-34-21-9-3-2-4-10-21)23-17-20(12-13-25(23)35-18)29-26(31)22-16-19-8-5-6-11-24(19)36-28(22)33/h2-6,8-13,16-18H,7,14-15H2,1H3,(H,29,31). The van der Waals surface area contributed by atoms with Gasteiger partial charge in [0, 0.05) is 17.6 Å². The molecule has 5 rings (SSSR count). The SMILES string of the molecule is CC1Oc2ccc(NC(=O)c3cc4ccccc4oc3=O)cc2N(CCCOc2ccccc2)C1=O. The number of hydrogen-bond donors (Lipinski definition) is 1. The van der Waals surface area contributed by atoms with Gasteiger partial charge in [0.1, 0.15) is 22.6 Å². The smallest absolute Gasteiger partial charge is 0.349 e. The van der Waals surface area contributed by atoms with E-state index in [0.29, 0.717) is 47.7 Å². The molecular weight excluding hydrogens is 460 g/mol. The molecule has 8 heteroatoms. The van der Waals surface area contributed by atoms with Crippen LogP contribution in [0.25, 0.3) is 11.0 Å². The van der Waals surface area contributed by atoms with Crippen LogP contribution in [0.3, 0.4) is 0 Å². The van der Waals surface area contributed by atoms with E-state index in [1.54, 1.807) is 54.3 Å². The molecule has 0 saturated heterocycles. The number of carbonyl (C=O) groups is 2. The van der Waals surface area contributed by atoms with Crippen LogP contribution in [-0.2, 0) is 4.79 Å². The highest BCUT2D eigenvalue weighted by atomic mass is 16.5. The number of nitrogens with zero attached hydrogens (tertiary/aromatic N) is 1. The van der Waals surface area contributed by atoms with Gasteiger partial charge in [0.25, 0.3) is 11.8 Å². The largest absolute Gasteiger partial charge is 0.494 e. The molecule has 8 nitrogen and oxygen atoms in total. The predicted octanol–water partition coefficient (Wildman–Crippen LogP) is 4.63. The summed E-state index contributed by atoms with van der Waals surface area (Å²) in [6, 6.07) is 23.0. The highest BCUT2D eigenvalue weighted by molar-refractivity contribution is 6.06. The third-order valence-electron chi connectivity index (χ3n) is 5.85. The zero-order chi connectivity index (χ0) is 25.1. The number of ether oxygens (including phenoxy) is 2. The van der Waals surface area contributed by atoms with Crippen molar-refractivity contribution >= 4 is 34.2 Å². The number of fused-ring (bicyclic) bond motifs is 2. The molecule has 36 heavy (non-hydrogen) atoms. The molecule has 1 atom stereocenters. The zero-order valence-corrected chi connectivity index (χ0v) is 19.6. The number of carbonyl (C=O) groups excluding carboxylic acids is 2. The minimum absolute atomic E-state index is 0.109. The molecule has 0 fully saturated rings. The highest BCUT2D eigenvalue weighted by Gasteiger charge is 2.31. The summed E-state index contributed by atoms with van der Waals surface area (Å²) in [5.74, 6) is 0.520. The summed E-state index contributed by atoms with van der Waals surface area (Å²) in [5, 5.41) is 3.38. The first kappa shape index (κ1) is 23.2. The van der Waals surface area contributed by atoms with Crippen LogP contribution < -0.4 is 25.3 Å². The molecule has 1 aliphatic heterocycles. The lowest BCUT2D eigenvalue weighted by Gasteiger charge is -2.33. The molecule has 0 spiro atoms. The number of benzene rings is 3. The summed E-state index contributed by atoms with van der Waals surface area (Å²) in [5.41, 5.74) is 0.535. The Kier molecular flexibility index (Phi) is 6.40. The Morgan fingerprint density at radius 1 is 1.00 bits per heavy atom. The Balaban J connectivity index is 1.33. The van der Waals surface area contributed by atoms with Crippen molar-refractivity contribution in [1.29, 1.82) is 0 Å². The fourth-order valence-electron chi connectivity index (χ4n) is 4.06. The van der Waals surface area contributed by atoms with Crippen molar-refractivity contribution in [3.05, 3.63) is 94.8 Å². The van der Waals surface area contributed by atoms with Crippen molar-refractivity contribution in [2.75, 3.05) is 23.4 Å². The van der Waals surface area contributed by atoms with Gasteiger partial charge in [-0.05, 0) is 55.8 Å². The van der Waals surface area contributed by atoms with E-state index < -0.39 is 17.6 Å². The third kappa shape index (κ3) is 4.79. The molecule has 0 saturated carbocycles. The Morgan fingerprint density at radius 2 is 1.78 bits per heavy atom. The van der Waals surface area contributed by atoms with Gasteiger partial charge in [-0.25, -0.2) is 4.79 Å². The van der Waals surface area contributed by atoms with Gasteiger partial charge in [-0.1, -0.05) is 36.4 Å². The molecule has 4 aromatic rings. The Morgan fingerprint density at radius 3 is 2.61 bits per heavy atom. The third-order valence-corrected chi connectivity index (χ3v) is 5.85. The maximum Gasteiger partial charge on any atom is 0.349 e. The van der Waals surface area contributed by atoms with Gasteiger partial charge >= 0.3 is 5.63 Å². The monoisotopic (exact) mass is 484 g/mol. The maximum absolute atomic E-state index is 12.9. The van der Waals surface area contributed by atoms with Crippen molar-refractivity contribution < 1.29 is 23.5 Å². The average Bonchev–Trinajstić information content (AvgIpc) is 2.89. The van der Waals surface area contributed by atoms with E-state index in [2.05, 4.69) is 5.32 Å². The minimum Gasteiger partial charge on any atom is -0.494 e. The van der Waals surface area contributed by atoms with Crippen molar-refractivity contribution in [1.82, 2.24) is 0 Å². The average molecular weight is 485 g/mol. The Labute approximate surface area is 207 Å². The van der Waals surface area contributed by atoms with Crippen LogP contribution in [0, 0.1) is 0 Å². The molecule has 1 aromatic heterocycles. The Hall–Kier alpha value is -4.59. The van der Waals surface area contributed by atoms with Gasteiger partial charge < -0.3 is 24.1 Å². The maximum atomic E-state index is 12.9. The summed E-state index contributed by atoms with van der Waals surface area (Å²) in [4.78, 5) is 39.8. The van der Waals surface area contributed by atoms with Crippen molar-refractivity contribution in [3.8, 4) is 11.5 Å². The molecule has 182 valence electrons. The van der Waals surface area contributed by atoms with Crippen molar-refractivity contribution in [2.45, 2.75) is 19.4 Å². The summed E-state index contributed by atoms with van der Waals surface area (Å²) >= 11 is 0. The van der Waals surface area contributed by atoms with Crippen LogP contribution in [0.1, 0.15) is 23.7 Å². The van der Waals surface area contributed by atoms with E-state index in [1.807, 2.05) is 30.3 Å². The molecule has 1 N–H and O–H groups in total. The fourth-order valence-corrected chi connectivity index (χ4v) is 4.06. The van der Waals surface area contributed by atoms with E-state index in [1.165, 1.54) is 6.07 Å². The van der Waals surface area contributed by atoms with Crippen LogP contribution in [0.2, 0.25) is 0 Å². The van der Waals surface area contributed by atoms with Crippen LogP contribution in [0.15, 0.2) is 88.1 Å². The van der Waals surface area contributed by atoms with E-state index >= 15 is 0 Å².